The van der Waals surface area contributed by atoms with Crippen molar-refractivity contribution in [2.75, 3.05) is 13.7 Å². The van der Waals surface area contributed by atoms with Gasteiger partial charge in [0.1, 0.15) is 0 Å². The van der Waals surface area contributed by atoms with Gasteiger partial charge >= 0.3 is 5.97 Å². The van der Waals surface area contributed by atoms with Crippen LogP contribution in [0.25, 0.3) is 6.08 Å². The summed E-state index contributed by atoms with van der Waals surface area (Å²) in [5.74, 6) is -0.638. The van der Waals surface area contributed by atoms with Crippen LogP contribution in [0.2, 0.25) is 5.02 Å². The van der Waals surface area contributed by atoms with Crippen molar-refractivity contribution < 1.29 is 24.2 Å². The van der Waals surface area contributed by atoms with Crippen molar-refractivity contribution in [1.29, 1.82) is 0 Å². The van der Waals surface area contributed by atoms with E-state index in [9.17, 15) is 9.59 Å². The van der Waals surface area contributed by atoms with Crippen LogP contribution in [0.4, 0.5) is 5.69 Å². The number of hydrogen-bond donors (Lipinski definition) is 2. The number of nitrogens with one attached hydrogen (secondary N) is 1. The minimum atomic E-state index is -1.08. The average Bonchev–Trinajstić information content (AvgIpc) is 2.99. The van der Waals surface area contributed by atoms with E-state index in [1.54, 1.807) is 42.5 Å². The van der Waals surface area contributed by atoms with Crippen molar-refractivity contribution in [2.24, 2.45) is 4.99 Å². The largest absolute Gasteiger partial charge is 0.493 e. The third kappa shape index (κ3) is 5.64. The molecule has 1 aliphatic heterocycles. The lowest BCUT2D eigenvalue weighted by Crippen LogP contribution is -2.19. The standard InChI is InChI=1S/C19H14ClIN2O5S/c1-27-14-6-10(5-13(21)17(14)28-9-16(24)25)7-15-18(26)23-19(29-15)22-12-4-2-3-11(20)8-12/h2-8H,9H2,1H3,(H,24,25)(H,22,23,26)/b15-7+. The fourth-order valence-electron chi connectivity index (χ4n) is 2.39. The molecule has 10 heteroatoms. The number of carbonyl (C=O) groups excluding carboxylic acids is 1. The number of aliphatic carboxylic acids is 1. The van der Waals surface area contributed by atoms with Crippen LogP contribution >= 0.6 is 46.0 Å². The molecule has 7 nitrogen and oxygen atoms in total. The molecule has 0 radical (unpaired) electrons. The number of rotatable bonds is 6. The Labute approximate surface area is 189 Å². The molecule has 0 bridgehead atoms. The number of ether oxygens (including phenoxy) is 2. The predicted molar refractivity (Wildman–Crippen MR) is 121 cm³/mol. The molecule has 2 aromatic carbocycles. The van der Waals surface area contributed by atoms with E-state index >= 15 is 0 Å². The number of amides is 1. The van der Waals surface area contributed by atoms with Gasteiger partial charge in [-0.05, 0) is 76.3 Å². The van der Waals surface area contributed by atoms with E-state index in [0.717, 1.165) is 0 Å². The van der Waals surface area contributed by atoms with E-state index in [-0.39, 0.29) is 5.91 Å². The summed E-state index contributed by atoms with van der Waals surface area (Å²) in [7, 11) is 1.46. The Bertz CT molecular complexity index is 1040. The highest BCUT2D eigenvalue weighted by Crippen LogP contribution is 2.36. The maximum Gasteiger partial charge on any atom is 0.341 e. The number of carbonyl (C=O) groups is 2. The lowest BCUT2D eigenvalue weighted by molar-refractivity contribution is -0.139. The first-order chi connectivity index (χ1) is 13.9. The number of halogens is 2. The van der Waals surface area contributed by atoms with Crippen LogP contribution in [0, 0.1) is 3.57 Å². The smallest absolute Gasteiger partial charge is 0.341 e. The van der Waals surface area contributed by atoms with Gasteiger partial charge in [-0.1, -0.05) is 17.7 Å². The molecule has 1 fully saturated rings. The highest BCUT2D eigenvalue weighted by molar-refractivity contribution is 14.1. The Kier molecular flexibility index (Phi) is 7.04. The third-order valence-corrected chi connectivity index (χ3v) is 5.53. The molecule has 0 unspecified atom stereocenters. The molecule has 0 atom stereocenters. The second-order valence-corrected chi connectivity index (χ2v) is 8.31. The second-order valence-electron chi connectivity index (χ2n) is 5.68. The summed E-state index contributed by atoms with van der Waals surface area (Å²) in [6.45, 7) is -0.478. The van der Waals surface area contributed by atoms with Crippen molar-refractivity contribution >= 4 is 74.8 Å². The Morgan fingerprint density at radius 3 is 2.86 bits per heavy atom. The first-order valence-corrected chi connectivity index (χ1v) is 10.4. The molecule has 1 heterocycles. The number of methoxy groups -OCH3 is 1. The van der Waals surface area contributed by atoms with E-state index < -0.39 is 12.6 Å². The third-order valence-electron chi connectivity index (χ3n) is 3.58. The maximum atomic E-state index is 12.3. The van der Waals surface area contributed by atoms with Crippen LogP contribution in [0.15, 0.2) is 46.3 Å². The topological polar surface area (TPSA) is 97.2 Å². The van der Waals surface area contributed by atoms with Gasteiger partial charge in [-0.3, -0.25) is 4.79 Å². The molecule has 0 aromatic heterocycles. The molecule has 2 N–H and O–H groups in total. The Balaban J connectivity index is 1.85. The number of carboxylic acid groups (broad SMARTS) is 1. The number of hydrogen-bond acceptors (Lipinski definition) is 6. The summed E-state index contributed by atoms with van der Waals surface area (Å²) in [4.78, 5) is 27.9. The minimum absolute atomic E-state index is 0.268. The molecule has 0 spiro atoms. The zero-order chi connectivity index (χ0) is 21.0. The van der Waals surface area contributed by atoms with Gasteiger partial charge in [0.15, 0.2) is 23.3 Å². The van der Waals surface area contributed by atoms with Gasteiger partial charge in [-0.25, -0.2) is 9.79 Å². The van der Waals surface area contributed by atoms with Gasteiger partial charge in [0.25, 0.3) is 5.91 Å². The molecule has 1 aliphatic rings. The summed E-state index contributed by atoms with van der Waals surface area (Å²) < 4.78 is 11.3. The second kappa shape index (κ2) is 9.51. The predicted octanol–water partition coefficient (Wildman–Crippen LogP) is 4.31. The molecular weight excluding hydrogens is 531 g/mol. The van der Waals surface area contributed by atoms with Crippen LogP contribution in [0.5, 0.6) is 11.5 Å². The van der Waals surface area contributed by atoms with Gasteiger partial charge in [0, 0.05) is 5.02 Å². The summed E-state index contributed by atoms with van der Waals surface area (Å²) in [5.41, 5.74) is 1.34. The van der Waals surface area contributed by atoms with Crippen LogP contribution in [-0.4, -0.2) is 35.9 Å². The SMILES string of the molecule is COc1cc(/C=C2/SC(=Nc3cccc(Cl)c3)NC2=O)cc(I)c1OCC(=O)O. The molecule has 3 rings (SSSR count). The number of nitrogens with zero attached hydrogens (tertiary/aromatic N) is 1. The van der Waals surface area contributed by atoms with Crippen molar-refractivity contribution in [3.63, 3.8) is 0 Å². The quantitative estimate of drug-likeness (QED) is 0.416. The molecule has 29 heavy (non-hydrogen) atoms. The van der Waals surface area contributed by atoms with Crippen molar-refractivity contribution in [1.82, 2.24) is 5.32 Å². The van der Waals surface area contributed by atoms with Gasteiger partial charge in [0.2, 0.25) is 0 Å². The number of benzene rings is 2. The van der Waals surface area contributed by atoms with Crippen LogP contribution in [0.1, 0.15) is 5.56 Å². The number of aliphatic imine (C=N–C) groups is 1. The highest BCUT2D eigenvalue weighted by atomic mass is 127. The van der Waals surface area contributed by atoms with E-state index in [1.165, 1.54) is 18.9 Å². The summed E-state index contributed by atoms with van der Waals surface area (Å²) >= 11 is 9.19. The van der Waals surface area contributed by atoms with E-state index in [0.29, 0.717) is 41.4 Å². The zero-order valence-corrected chi connectivity index (χ0v) is 18.7. The van der Waals surface area contributed by atoms with Crippen LogP contribution < -0.4 is 14.8 Å². The Hall–Kier alpha value is -2.24. The lowest BCUT2D eigenvalue weighted by atomic mass is 10.2. The summed E-state index contributed by atoms with van der Waals surface area (Å²) in [6, 6.07) is 10.5. The molecule has 150 valence electrons. The van der Waals surface area contributed by atoms with Crippen LogP contribution in [-0.2, 0) is 9.59 Å². The fourth-order valence-corrected chi connectivity index (χ4v) is 4.20. The minimum Gasteiger partial charge on any atom is -0.493 e. The van der Waals surface area contributed by atoms with Crippen molar-refractivity contribution in [2.45, 2.75) is 0 Å². The average molecular weight is 545 g/mol. The molecule has 0 saturated carbocycles. The Morgan fingerprint density at radius 2 is 2.17 bits per heavy atom. The first kappa shape index (κ1) is 21.5. The molecular formula is C19H14ClIN2O5S. The van der Waals surface area contributed by atoms with Gasteiger partial charge in [0.05, 0.1) is 21.3 Å². The molecule has 2 aromatic rings. The van der Waals surface area contributed by atoms with E-state index in [4.69, 9.17) is 26.2 Å². The zero-order valence-electron chi connectivity index (χ0n) is 14.9. The van der Waals surface area contributed by atoms with Crippen LogP contribution in [0.3, 0.4) is 0 Å². The van der Waals surface area contributed by atoms with Gasteiger partial charge < -0.3 is 19.9 Å². The van der Waals surface area contributed by atoms with Crippen molar-refractivity contribution in [3.8, 4) is 11.5 Å². The number of amidine groups is 1. The summed E-state index contributed by atoms with van der Waals surface area (Å²) in [5, 5.41) is 12.5. The van der Waals surface area contributed by atoms with E-state index in [1.807, 2.05) is 22.6 Å². The normalized spacial score (nSPS) is 16.2. The fraction of sp³-hybridized carbons (Fsp3) is 0.105. The molecule has 1 saturated heterocycles. The van der Waals surface area contributed by atoms with Gasteiger partial charge in [-0.2, -0.15) is 0 Å². The molecule has 1 amide bonds. The number of thioether (sulfide) groups is 1. The maximum absolute atomic E-state index is 12.3. The Morgan fingerprint density at radius 1 is 1.38 bits per heavy atom. The monoisotopic (exact) mass is 544 g/mol. The molecule has 0 aliphatic carbocycles. The lowest BCUT2D eigenvalue weighted by Gasteiger charge is -2.12. The highest BCUT2D eigenvalue weighted by Gasteiger charge is 2.24. The first-order valence-electron chi connectivity index (χ1n) is 8.13. The van der Waals surface area contributed by atoms with Gasteiger partial charge in [-0.15, -0.1) is 0 Å². The van der Waals surface area contributed by atoms with E-state index in [2.05, 4.69) is 10.3 Å². The number of carboxylic acids is 1. The van der Waals surface area contributed by atoms with Crippen molar-refractivity contribution in [3.05, 3.63) is 55.5 Å². The summed E-state index contributed by atoms with van der Waals surface area (Å²) in [6.07, 6.45) is 1.70.